The second-order valence-electron chi connectivity index (χ2n) is 5.55. The third kappa shape index (κ3) is 3.08. The van der Waals surface area contributed by atoms with Crippen LogP contribution in [0.5, 0.6) is 0 Å². The van der Waals surface area contributed by atoms with Crippen LogP contribution in [-0.4, -0.2) is 18.2 Å². The largest absolute Gasteiger partial charge is 0.269 e. The zero-order valence-electron chi connectivity index (χ0n) is 13.8. The molecule has 0 atom stereocenters. The maximum Gasteiger partial charge on any atom is 0.241 e. The Morgan fingerprint density at radius 3 is 2.27 bits per heavy atom. The highest BCUT2D eigenvalue weighted by Crippen LogP contribution is 2.26. The van der Waals surface area contributed by atoms with E-state index in [4.69, 9.17) is 0 Å². The highest BCUT2D eigenvalue weighted by molar-refractivity contribution is 7.89. The van der Waals surface area contributed by atoms with E-state index in [9.17, 15) is 8.42 Å². The monoisotopic (exact) mass is 321 g/mol. The van der Waals surface area contributed by atoms with Gasteiger partial charge in [-0.05, 0) is 62.9 Å². The van der Waals surface area contributed by atoms with Gasteiger partial charge in [0.25, 0.3) is 0 Å². The number of nitrogens with one attached hydrogen (secondary N) is 1. The lowest BCUT2D eigenvalue weighted by Crippen LogP contribution is -2.26. The van der Waals surface area contributed by atoms with Gasteiger partial charge in [0, 0.05) is 12.7 Å². The third-order valence-electron chi connectivity index (χ3n) is 4.11. The summed E-state index contributed by atoms with van der Waals surface area (Å²) in [6.45, 7) is 10.5. The van der Waals surface area contributed by atoms with Crippen LogP contribution < -0.4 is 4.72 Å². The third-order valence-corrected chi connectivity index (χ3v) is 5.79. The first-order valence-corrected chi connectivity index (χ1v) is 8.84. The van der Waals surface area contributed by atoms with Gasteiger partial charge in [-0.2, -0.15) is 5.10 Å². The van der Waals surface area contributed by atoms with Gasteiger partial charge < -0.3 is 0 Å². The number of sulfonamides is 1. The molecule has 0 fully saturated rings. The van der Waals surface area contributed by atoms with Crippen LogP contribution in [0, 0.1) is 27.7 Å². The van der Waals surface area contributed by atoms with Crippen LogP contribution >= 0.6 is 0 Å². The van der Waals surface area contributed by atoms with Crippen LogP contribution in [0.2, 0.25) is 0 Å². The number of benzene rings is 1. The summed E-state index contributed by atoms with van der Waals surface area (Å²) < 4.78 is 29.9. The van der Waals surface area contributed by atoms with Crippen molar-refractivity contribution in [1.82, 2.24) is 14.5 Å². The van der Waals surface area contributed by atoms with Crippen molar-refractivity contribution in [3.8, 4) is 0 Å². The number of hydrogen-bond donors (Lipinski definition) is 1. The summed E-state index contributed by atoms with van der Waals surface area (Å²) in [6, 6.07) is 3.85. The normalized spacial score (nSPS) is 11.9. The SMILES string of the molecule is CCn1nccc1CNS(=O)(=O)c1c(C)c(C)cc(C)c1C. The highest BCUT2D eigenvalue weighted by Gasteiger charge is 2.22. The van der Waals surface area contributed by atoms with Gasteiger partial charge in [-0.1, -0.05) is 6.07 Å². The van der Waals surface area contributed by atoms with Crippen LogP contribution in [-0.2, 0) is 23.1 Å². The molecule has 0 saturated carbocycles. The van der Waals surface area contributed by atoms with Crippen LogP contribution in [0.15, 0.2) is 23.2 Å². The van der Waals surface area contributed by atoms with Gasteiger partial charge in [-0.3, -0.25) is 4.68 Å². The summed E-state index contributed by atoms with van der Waals surface area (Å²) in [5, 5.41) is 4.15. The molecule has 2 aromatic rings. The van der Waals surface area contributed by atoms with Crippen LogP contribution in [0.25, 0.3) is 0 Å². The molecular formula is C16H23N3O2S. The van der Waals surface area contributed by atoms with E-state index in [1.54, 1.807) is 10.9 Å². The standard InChI is InChI=1S/C16H23N3O2S/c1-6-19-15(7-8-17-19)10-18-22(20,21)16-13(4)11(2)9-12(3)14(16)5/h7-9,18H,6,10H2,1-5H3. The fourth-order valence-electron chi connectivity index (χ4n) is 2.62. The minimum atomic E-state index is -3.56. The first-order valence-electron chi connectivity index (χ1n) is 7.35. The van der Waals surface area contributed by atoms with E-state index in [-0.39, 0.29) is 6.54 Å². The maximum absolute atomic E-state index is 12.7. The van der Waals surface area contributed by atoms with E-state index in [2.05, 4.69) is 9.82 Å². The topological polar surface area (TPSA) is 64.0 Å². The summed E-state index contributed by atoms with van der Waals surface area (Å²) in [7, 11) is -3.56. The Labute approximate surface area is 132 Å². The second-order valence-corrected chi connectivity index (χ2v) is 7.26. The van der Waals surface area contributed by atoms with Crippen molar-refractivity contribution in [2.75, 3.05) is 0 Å². The molecule has 0 radical (unpaired) electrons. The lowest BCUT2D eigenvalue weighted by atomic mass is 10.0. The summed E-state index contributed by atoms with van der Waals surface area (Å²) in [4.78, 5) is 0.396. The summed E-state index contributed by atoms with van der Waals surface area (Å²) in [5.74, 6) is 0. The molecular weight excluding hydrogens is 298 g/mol. The fraction of sp³-hybridized carbons (Fsp3) is 0.438. The highest BCUT2D eigenvalue weighted by atomic mass is 32.2. The lowest BCUT2D eigenvalue weighted by Gasteiger charge is -2.16. The Morgan fingerprint density at radius 1 is 1.14 bits per heavy atom. The molecule has 0 saturated heterocycles. The molecule has 0 aliphatic heterocycles. The molecule has 1 N–H and O–H groups in total. The van der Waals surface area contributed by atoms with Gasteiger partial charge >= 0.3 is 0 Å². The minimum Gasteiger partial charge on any atom is -0.269 e. The first kappa shape index (κ1) is 16.7. The minimum absolute atomic E-state index is 0.238. The van der Waals surface area contributed by atoms with E-state index in [1.807, 2.05) is 46.8 Å². The molecule has 6 heteroatoms. The lowest BCUT2D eigenvalue weighted by molar-refractivity contribution is 0.569. The van der Waals surface area contributed by atoms with Crippen molar-refractivity contribution >= 4 is 10.0 Å². The Kier molecular flexibility index (Phi) is 4.72. The maximum atomic E-state index is 12.7. The average molecular weight is 321 g/mol. The number of rotatable bonds is 5. The number of aryl methyl sites for hydroxylation is 3. The Balaban J connectivity index is 2.36. The molecule has 0 aliphatic carbocycles. The van der Waals surface area contributed by atoms with Gasteiger partial charge in [0.1, 0.15) is 0 Å². The molecule has 0 unspecified atom stereocenters. The van der Waals surface area contributed by atoms with Gasteiger partial charge in [0.05, 0.1) is 17.1 Å². The van der Waals surface area contributed by atoms with Crippen LogP contribution in [0.3, 0.4) is 0 Å². The van der Waals surface area contributed by atoms with Crippen LogP contribution in [0.1, 0.15) is 34.9 Å². The van der Waals surface area contributed by atoms with Crippen molar-refractivity contribution < 1.29 is 8.42 Å². The van der Waals surface area contributed by atoms with Crippen molar-refractivity contribution in [2.24, 2.45) is 0 Å². The van der Waals surface area contributed by atoms with E-state index >= 15 is 0 Å². The predicted molar refractivity (Wildman–Crippen MR) is 87.3 cm³/mol. The summed E-state index contributed by atoms with van der Waals surface area (Å²) in [6.07, 6.45) is 1.68. The van der Waals surface area contributed by atoms with Crippen molar-refractivity contribution in [1.29, 1.82) is 0 Å². The van der Waals surface area contributed by atoms with Gasteiger partial charge in [-0.25, -0.2) is 13.1 Å². The fourth-order valence-corrected chi connectivity index (χ4v) is 4.23. The molecule has 2 rings (SSSR count). The quantitative estimate of drug-likeness (QED) is 0.920. The van der Waals surface area contributed by atoms with Gasteiger partial charge in [0.2, 0.25) is 10.0 Å². The predicted octanol–water partition coefficient (Wildman–Crippen LogP) is 2.62. The van der Waals surface area contributed by atoms with Gasteiger partial charge in [0.15, 0.2) is 0 Å². The number of aromatic nitrogens is 2. The van der Waals surface area contributed by atoms with E-state index in [0.29, 0.717) is 11.4 Å². The summed E-state index contributed by atoms with van der Waals surface area (Å²) in [5.41, 5.74) is 4.44. The molecule has 0 aliphatic rings. The smallest absolute Gasteiger partial charge is 0.241 e. The Morgan fingerprint density at radius 2 is 1.73 bits per heavy atom. The van der Waals surface area contributed by atoms with E-state index in [0.717, 1.165) is 27.9 Å². The molecule has 22 heavy (non-hydrogen) atoms. The van der Waals surface area contributed by atoms with E-state index in [1.165, 1.54) is 0 Å². The molecule has 0 amide bonds. The molecule has 1 aromatic carbocycles. The molecule has 0 spiro atoms. The molecule has 0 bridgehead atoms. The number of nitrogens with zero attached hydrogens (tertiary/aromatic N) is 2. The van der Waals surface area contributed by atoms with Crippen molar-refractivity contribution in [3.63, 3.8) is 0 Å². The van der Waals surface area contributed by atoms with E-state index < -0.39 is 10.0 Å². The summed E-state index contributed by atoms with van der Waals surface area (Å²) >= 11 is 0. The van der Waals surface area contributed by atoms with Crippen molar-refractivity contribution in [3.05, 3.63) is 46.3 Å². The Bertz CT molecular complexity index is 766. The number of hydrogen-bond acceptors (Lipinski definition) is 3. The molecule has 120 valence electrons. The second kappa shape index (κ2) is 6.22. The first-order chi connectivity index (χ1) is 10.3. The molecule has 5 nitrogen and oxygen atoms in total. The molecule has 1 aromatic heterocycles. The zero-order chi connectivity index (χ0) is 16.5. The van der Waals surface area contributed by atoms with Crippen LogP contribution in [0.4, 0.5) is 0 Å². The Hall–Kier alpha value is -1.66. The molecule has 1 heterocycles. The van der Waals surface area contributed by atoms with Crippen molar-refractivity contribution in [2.45, 2.75) is 52.6 Å². The average Bonchev–Trinajstić information content (AvgIpc) is 2.90. The zero-order valence-corrected chi connectivity index (χ0v) is 14.6. The van der Waals surface area contributed by atoms with Gasteiger partial charge in [-0.15, -0.1) is 0 Å².